The maximum Gasteiger partial charge on any atom is 0.251 e. The monoisotopic (exact) mass is 478 g/mol. The zero-order chi connectivity index (χ0) is 24.7. The third kappa shape index (κ3) is 4.50. The van der Waals surface area contributed by atoms with Gasteiger partial charge in [-0.05, 0) is 95.8 Å². The second-order valence-corrected chi connectivity index (χ2v) is 11.6. The van der Waals surface area contributed by atoms with E-state index in [0.29, 0.717) is 18.5 Å². The van der Waals surface area contributed by atoms with Crippen molar-refractivity contribution in [2.45, 2.75) is 57.4 Å². The predicted octanol–water partition coefficient (Wildman–Crippen LogP) is 6.26. The average molecular weight is 479 g/mol. The molecule has 36 heavy (non-hydrogen) atoms. The van der Waals surface area contributed by atoms with E-state index in [2.05, 4.69) is 84.7 Å². The molecule has 2 fully saturated rings. The van der Waals surface area contributed by atoms with Crippen LogP contribution in [-0.4, -0.2) is 36.5 Å². The summed E-state index contributed by atoms with van der Waals surface area (Å²) in [6.45, 7) is 8.02. The van der Waals surface area contributed by atoms with Gasteiger partial charge in [-0.2, -0.15) is 0 Å². The van der Waals surface area contributed by atoms with Crippen molar-refractivity contribution < 1.29 is 4.79 Å². The van der Waals surface area contributed by atoms with E-state index in [9.17, 15) is 4.79 Å². The summed E-state index contributed by atoms with van der Waals surface area (Å²) in [7, 11) is 0. The van der Waals surface area contributed by atoms with Crippen LogP contribution in [0.1, 0.15) is 60.2 Å². The van der Waals surface area contributed by atoms with Crippen LogP contribution in [0.15, 0.2) is 72.8 Å². The topological polar surface area (TPSA) is 32.3 Å². The van der Waals surface area contributed by atoms with Crippen molar-refractivity contribution in [3.05, 3.63) is 95.1 Å². The van der Waals surface area contributed by atoms with Gasteiger partial charge in [0.15, 0.2) is 0 Å². The lowest BCUT2D eigenvalue weighted by Gasteiger charge is -2.55. The minimum atomic E-state index is 0.0447. The SMILES string of the molecule is C[C@H]1[C@H]2Cc3ccc(C(=O)NCCc4ccc(-c5ccccc5)cc4)cc3[C@@]1(C)CCN2CC1CC1. The van der Waals surface area contributed by atoms with Crippen molar-refractivity contribution >= 4 is 5.91 Å². The summed E-state index contributed by atoms with van der Waals surface area (Å²) in [5.74, 6) is 1.61. The molecular weight excluding hydrogens is 440 g/mol. The Bertz CT molecular complexity index is 1230. The fourth-order valence-electron chi connectivity index (χ4n) is 6.62. The molecule has 1 amide bonds. The van der Waals surface area contributed by atoms with E-state index in [1.54, 1.807) is 0 Å². The van der Waals surface area contributed by atoms with Gasteiger partial charge in [-0.3, -0.25) is 9.69 Å². The Kier molecular flexibility index (Phi) is 6.21. The van der Waals surface area contributed by atoms with E-state index in [1.807, 2.05) is 12.1 Å². The van der Waals surface area contributed by atoms with Gasteiger partial charge in [-0.25, -0.2) is 0 Å². The molecule has 3 nitrogen and oxygen atoms in total. The summed E-state index contributed by atoms with van der Waals surface area (Å²) in [5, 5.41) is 3.17. The molecule has 3 aromatic rings. The molecule has 3 aromatic carbocycles. The second kappa shape index (κ2) is 9.52. The van der Waals surface area contributed by atoms with Gasteiger partial charge in [0.05, 0.1) is 0 Å². The van der Waals surface area contributed by atoms with Gasteiger partial charge < -0.3 is 5.32 Å². The Labute approximate surface area is 215 Å². The summed E-state index contributed by atoms with van der Waals surface area (Å²) in [4.78, 5) is 15.9. The molecule has 3 aliphatic rings. The van der Waals surface area contributed by atoms with Crippen LogP contribution in [0, 0.1) is 11.8 Å². The fourth-order valence-corrected chi connectivity index (χ4v) is 6.62. The Morgan fingerprint density at radius 3 is 2.50 bits per heavy atom. The smallest absolute Gasteiger partial charge is 0.251 e. The normalized spacial score (nSPS) is 25.3. The Morgan fingerprint density at radius 2 is 1.75 bits per heavy atom. The van der Waals surface area contributed by atoms with Crippen LogP contribution in [0.3, 0.4) is 0 Å². The fraction of sp³-hybridized carbons (Fsp3) is 0.424. The molecule has 6 rings (SSSR count). The lowest BCUT2D eigenvalue weighted by Crippen LogP contribution is -2.58. The van der Waals surface area contributed by atoms with E-state index in [0.717, 1.165) is 24.3 Å². The predicted molar refractivity (Wildman–Crippen MR) is 147 cm³/mol. The minimum absolute atomic E-state index is 0.0447. The molecule has 0 radical (unpaired) electrons. The van der Waals surface area contributed by atoms with E-state index < -0.39 is 0 Å². The van der Waals surface area contributed by atoms with Crippen LogP contribution in [0.4, 0.5) is 0 Å². The number of carbonyl (C=O) groups excluding carboxylic acids is 1. The van der Waals surface area contributed by atoms with E-state index in [4.69, 9.17) is 0 Å². The number of carbonyl (C=O) groups is 1. The minimum Gasteiger partial charge on any atom is -0.352 e. The van der Waals surface area contributed by atoms with Crippen molar-refractivity contribution in [2.24, 2.45) is 11.8 Å². The molecule has 1 N–H and O–H groups in total. The number of amides is 1. The number of hydrogen-bond acceptors (Lipinski definition) is 2. The third-order valence-corrected chi connectivity index (χ3v) is 9.34. The van der Waals surface area contributed by atoms with Crippen LogP contribution in [0.2, 0.25) is 0 Å². The molecule has 2 bridgehead atoms. The Hall–Kier alpha value is -2.91. The number of fused-ring (bicyclic) bond motifs is 4. The number of piperidine rings is 1. The van der Waals surface area contributed by atoms with Gasteiger partial charge in [-0.1, -0.05) is 74.5 Å². The molecule has 0 unspecified atom stereocenters. The highest BCUT2D eigenvalue weighted by molar-refractivity contribution is 5.94. The van der Waals surface area contributed by atoms with Gasteiger partial charge in [0.2, 0.25) is 0 Å². The van der Waals surface area contributed by atoms with Gasteiger partial charge >= 0.3 is 0 Å². The first-order chi connectivity index (χ1) is 17.5. The van der Waals surface area contributed by atoms with Crippen molar-refractivity contribution in [1.29, 1.82) is 0 Å². The van der Waals surface area contributed by atoms with Crippen molar-refractivity contribution in [1.82, 2.24) is 10.2 Å². The summed E-state index contributed by atoms with van der Waals surface area (Å²) in [5.41, 5.74) is 7.53. The zero-order valence-electron chi connectivity index (χ0n) is 21.7. The van der Waals surface area contributed by atoms with Gasteiger partial charge in [0, 0.05) is 24.7 Å². The third-order valence-electron chi connectivity index (χ3n) is 9.34. The molecular formula is C33H38N2O. The molecule has 0 aromatic heterocycles. The highest BCUT2D eigenvalue weighted by Gasteiger charge is 2.49. The molecule has 186 valence electrons. The van der Waals surface area contributed by atoms with Crippen LogP contribution < -0.4 is 5.32 Å². The average Bonchev–Trinajstić information content (AvgIpc) is 3.73. The van der Waals surface area contributed by atoms with Crippen LogP contribution in [0.25, 0.3) is 11.1 Å². The summed E-state index contributed by atoms with van der Waals surface area (Å²) in [6.07, 6.45) is 5.99. The van der Waals surface area contributed by atoms with Gasteiger partial charge in [0.25, 0.3) is 5.91 Å². The van der Waals surface area contributed by atoms with Crippen molar-refractivity contribution in [3.63, 3.8) is 0 Å². The van der Waals surface area contributed by atoms with Crippen molar-refractivity contribution in [3.8, 4) is 11.1 Å². The zero-order valence-corrected chi connectivity index (χ0v) is 21.7. The molecule has 1 heterocycles. The molecule has 2 aliphatic carbocycles. The second-order valence-electron chi connectivity index (χ2n) is 11.6. The lowest BCUT2D eigenvalue weighted by molar-refractivity contribution is 0.0284. The van der Waals surface area contributed by atoms with Crippen LogP contribution >= 0.6 is 0 Å². The summed E-state index contributed by atoms with van der Waals surface area (Å²) in [6, 6.07) is 26.2. The number of nitrogens with one attached hydrogen (secondary N) is 1. The highest BCUT2D eigenvalue weighted by atomic mass is 16.1. The molecule has 3 heteroatoms. The summed E-state index contributed by atoms with van der Waals surface area (Å²) < 4.78 is 0. The molecule has 1 saturated heterocycles. The molecule has 1 aliphatic heterocycles. The lowest BCUT2D eigenvalue weighted by atomic mass is 9.59. The van der Waals surface area contributed by atoms with Crippen LogP contribution in [-0.2, 0) is 18.3 Å². The van der Waals surface area contributed by atoms with Gasteiger partial charge in [-0.15, -0.1) is 0 Å². The molecule has 0 spiro atoms. The Morgan fingerprint density at radius 1 is 1.00 bits per heavy atom. The van der Waals surface area contributed by atoms with Crippen LogP contribution in [0.5, 0.6) is 0 Å². The van der Waals surface area contributed by atoms with E-state index >= 15 is 0 Å². The number of hydrogen-bond donors (Lipinski definition) is 1. The maximum atomic E-state index is 13.1. The maximum absolute atomic E-state index is 13.1. The van der Waals surface area contributed by atoms with E-state index in [1.165, 1.54) is 60.2 Å². The Balaban J connectivity index is 1.10. The number of likely N-dealkylation sites (tertiary alicyclic amines) is 1. The molecule has 1 saturated carbocycles. The van der Waals surface area contributed by atoms with Crippen molar-refractivity contribution in [2.75, 3.05) is 19.6 Å². The first-order valence-corrected chi connectivity index (χ1v) is 13.8. The number of benzene rings is 3. The van der Waals surface area contributed by atoms with Gasteiger partial charge in [0.1, 0.15) is 0 Å². The highest BCUT2D eigenvalue weighted by Crippen LogP contribution is 2.49. The number of rotatable bonds is 7. The number of nitrogens with zero attached hydrogens (tertiary/aromatic N) is 1. The first kappa shape index (κ1) is 23.5. The largest absolute Gasteiger partial charge is 0.352 e. The standard InChI is InChI=1S/C33H38N2O/c1-23-31-21-28-14-15-29(20-30(28)33(23,2)17-19-35(31)22-25-8-9-25)32(36)34-18-16-24-10-12-27(13-11-24)26-6-4-3-5-7-26/h3-7,10-15,20,23,25,31H,8-9,16-19,21-22H2,1-2H3,(H,34,36)/t23-,31+,33-/m0/s1. The first-order valence-electron chi connectivity index (χ1n) is 13.8. The molecule has 3 atom stereocenters. The summed E-state index contributed by atoms with van der Waals surface area (Å²) >= 11 is 0. The van der Waals surface area contributed by atoms with E-state index in [-0.39, 0.29) is 11.3 Å². The quantitative estimate of drug-likeness (QED) is 0.435.